The highest BCUT2D eigenvalue weighted by Crippen LogP contribution is 2.19. The third kappa shape index (κ3) is 13.0. The van der Waals surface area contributed by atoms with Crippen molar-refractivity contribution in [3.8, 4) is 0 Å². The van der Waals surface area contributed by atoms with Crippen LogP contribution in [0.2, 0.25) is 0 Å². The Morgan fingerprint density at radius 2 is 1.45 bits per heavy atom. The molecule has 0 saturated heterocycles. The Balaban J connectivity index is 0. The van der Waals surface area contributed by atoms with Gasteiger partial charge in [-0.2, -0.15) is 0 Å². The summed E-state index contributed by atoms with van der Waals surface area (Å²) in [5.41, 5.74) is 5.86. The largest absolute Gasteiger partial charge is 0.330 e. The van der Waals surface area contributed by atoms with Gasteiger partial charge in [-0.05, 0) is 18.4 Å². The molecule has 0 aliphatic carbocycles. The van der Waals surface area contributed by atoms with Crippen molar-refractivity contribution in [1.82, 2.24) is 0 Å². The molecule has 2 N–H and O–H groups in total. The van der Waals surface area contributed by atoms with Gasteiger partial charge < -0.3 is 5.73 Å². The maximum Gasteiger partial charge on any atom is -0.00258 e. The van der Waals surface area contributed by atoms with E-state index < -0.39 is 0 Å². The van der Waals surface area contributed by atoms with Crippen LogP contribution >= 0.6 is 0 Å². The van der Waals surface area contributed by atoms with E-state index in [4.69, 9.17) is 5.73 Å². The summed E-state index contributed by atoms with van der Waals surface area (Å²) in [7, 11) is 0. The molecule has 0 amide bonds. The highest BCUT2D eigenvalue weighted by Gasteiger charge is 2.12. The lowest BCUT2D eigenvalue weighted by Gasteiger charge is -2.20. The van der Waals surface area contributed by atoms with Crippen LogP contribution in [-0.2, 0) is 0 Å². The zero-order valence-corrected chi connectivity index (χ0v) is 8.91. The summed E-state index contributed by atoms with van der Waals surface area (Å²) in [5, 5.41) is 0. The topological polar surface area (TPSA) is 26.0 Å². The second-order valence-corrected chi connectivity index (χ2v) is 3.83. The first kappa shape index (κ1) is 13.5. The van der Waals surface area contributed by atoms with Crippen LogP contribution in [0.4, 0.5) is 0 Å². The average molecular weight is 159 g/mol. The van der Waals surface area contributed by atoms with Crippen molar-refractivity contribution in [2.45, 2.75) is 53.9 Å². The molecule has 0 spiro atoms. The maximum absolute atomic E-state index is 5.49. The van der Waals surface area contributed by atoms with Gasteiger partial charge in [0.1, 0.15) is 0 Å². The van der Waals surface area contributed by atoms with Crippen LogP contribution in [0, 0.1) is 5.41 Å². The molecule has 0 aliphatic heterocycles. The van der Waals surface area contributed by atoms with Crippen molar-refractivity contribution in [2.24, 2.45) is 11.1 Å². The Morgan fingerprint density at radius 3 is 1.55 bits per heavy atom. The van der Waals surface area contributed by atoms with E-state index in [1.165, 1.54) is 19.3 Å². The van der Waals surface area contributed by atoms with E-state index in [0.717, 1.165) is 6.54 Å². The zero-order chi connectivity index (χ0) is 9.33. The minimum absolute atomic E-state index is 0.370. The lowest BCUT2D eigenvalue weighted by molar-refractivity contribution is 0.343. The monoisotopic (exact) mass is 159 g/mol. The van der Waals surface area contributed by atoms with E-state index in [9.17, 15) is 0 Å². The molecule has 0 unspecified atom stereocenters. The second-order valence-electron chi connectivity index (χ2n) is 3.83. The molecule has 0 aromatic carbocycles. The van der Waals surface area contributed by atoms with Gasteiger partial charge in [-0.1, -0.05) is 47.5 Å². The van der Waals surface area contributed by atoms with Crippen LogP contribution in [0.3, 0.4) is 0 Å². The molecule has 1 nitrogen and oxygen atoms in total. The third-order valence-corrected chi connectivity index (χ3v) is 1.48. The fraction of sp³-hybridized carbons (Fsp3) is 1.00. The molecule has 0 aromatic heterocycles. The standard InChI is InChI=1S/C7H17N.C3H8/c1-4-5-7(2,3)6-8;1-3-2/h4-6,8H2,1-3H3;3H2,1-2H3. The van der Waals surface area contributed by atoms with E-state index in [0.29, 0.717) is 5.41 Å². The van der Waals surface area contributed by atoms with Crippen LogP contribution in [0.25, 0.3) is 0 Å². The van der Waals surface area contributed by atoms with Crippen LogP contribution in [-0.4, -0.2) is 6.54 Å². The highest BCUT2D eigenvalue weighted by molar-refractivity contribution is 4.67. The Labute approximate surface area is 72.4 Å². The first-order valence-electron chi connectivity index (χ1n) is 4.74. The van der Waals surface area contributed by atoms with Gasteiger partial charge in [-0.15, -0.1) is 0 Å². The molecule has 0 heterocycles. The molecular weight excluding hydrogens is 134 g/mol. The Kier molecular flexibility index (Phi) is 9.92. The van der Waals surface area contributed by atoms with Crippen LogP contribution in [0.15, 0.2) is 0 Å². The number of rotatable bonds is 3. The zero-order valence-electron chi connectivity index (χ0n) is 8.91. The quantitative estimate of drug-likeness (QED) is 0.672. The summed E-state index contributed by atoms with van der Waals surface area (Å²) in [4.78, 5) is 0. The van der Waals surface area contributed by atoms with Gasteiger partial charge in [-0.3, -0.25) is 0 Å². The molecule has 70 valence electrons. The summed E-state index contributed by atoms with van der Waals surface area (Å²) >= 11 is 0. The lowest BCUT2D eigenvalue weighted by atomic mass is 9.89. The van der Waals surface area contributed by atoms with Gasteiger partial charge in [0.05, 0.1) is 0 Å². The predicted molar refractivity (Wildman–Crippen MR) is 53.7 cm³/mol. The molecule has 0 rings (SSSR count). The summed E-state index contributed by atoms with van der Waals surface area (Å²) in [6, 6.07) is 0. The number of hydrogen-bond donors (Lipinski definition) is 1. The molecule has 11 heavy (non-hydrogen) atoms. The Bertz CT molecular complexity index is 67.3. The second kappa shape index (κ2) is 8.06. The molecule has 0 aliphatic rings. The number of nitrogens with two attached hydrogens (primary N) is 1. The lowest BCUT2D eigenvalue weighted by Crippen LogP contribution is -2.22. The van der Waals surface area contributed by atoms with E-state index in [-0.39, 0.29) is 0 Å². The molecule has 0 fully saturated rings. The molecule has 0 atom stereocenters. The van der Waals surface area contributed by atoms with Gasteiger partial charge in [0.15, 0.2) is 0 Å². The van der Waals surface area contributed by atoms with Crippen molar-refractivity contribution in [3.05, 3.63) is 0 Å². The van der Waals surface area contributed by atoms with Crippen LogP contribution < -0.4 is 5.73 Å². The van der Waals surface area contributed by atoms with E-state index in [1.807, 2.05) is 0 Å². The van der Waals surface area contributed by atoms with Gasteiger partial charge in [0.25, 0.3) is 0 Å². The van der Waals surface area contributed by atoms with Gasteiger partial charge >= 0.3 is 0 Å². The summed E-state index contributed by atoms with van der Waals surface area (Å²) in [6.45, 7) is 11.7. The van der Waals surface area contributed by atoms with Crippen LogP contribution in [0.5, 0.6) is 0 Å². The van der Waals surface area contributed by atoms with Crippen molar-refractivity contribution in [3.63, 3.8) is 0 Å². The molecular formula is C10H25N. The number of hydrogen-bond acceptors (Lipinski definition) is 1. The van der Waals surface area contributed by atoms with Crippen molar-refractivity contribution >= 4 is 0 Å². The minimum atomic E-state index is 0.370. The maximum atomic E-state index is 5.49. The molecule has 1 heteroatoms. The molecule has 0 saturated carbocycles. The summed E-state index contributed by atoms with van der Waals surface area (Å²) in [6.07, 6.45) is 3.73. The fourth-order valence-electron chi connectivity index (χ4n) is 0.779. The molecule has 0 radical (unpaired) electrons. The van der Waals surface area contributed by atoms with Gasteiger partial charge in [0, 0.05) is 0 Å². The summed E-state index contributed by atoms with van der Waals surface area (Å²) < 4.78 is 0. The van der Waals surface area contributed by atoms with E-state index in [1.54, 1.807) is 0 Å². The van der Waals surface area contributed by atoms with Crippen molar-refractivity contribution in [1.29, 1.82) is 0 Å². The first-order chi connectivity index (χ1) is 5.04. The van der Waals surface area contributed by atoms with Crippen LogP contribution in [0.1, 0.15) is 53.9 Å². The average Bonchev–Trinajstić information content (AvgIpc) is 1.90. The minimum Gasteiger partial charge on any atom is -0.330 e. The van der Waals surface area contributed by atoms with Crippen molar-refractivity contribution in [2.75, 3.05) is 6.54 Å². The highest BCUT2D eigenvalue weighted by atomic mass is 14.6. The van der Waals surface area contributed by atoms with Gasteiger partial charge in [-0.25, -0.2) is 0 Å². The first-order valence-corrected chi connectivity index (χ1v) is 4.74. The molecule has 0 bridgehead atoms. The predicted octanol–water partition coefficient (Wildman–Crippen LogP) is 3.19. The fourth-order valence-corrected chi connectivity index (χ4v) is 0.779. The normalized spacial score (nSPS) is 10.4. The summed E-state index contributed by atoms with van der Waals surface area (Å²) in [5.74, 6) is 0. The van der Waals surface area contributed by atoms with Gasteiger partial charge in [0.2, 0.25) is 0 Å². The van der Waals surface area contributed by atoms with E-state index >= 15 is 0 Å². The molecule has 0 aromatic rings. The Hall–Kier alpha value is -0.0400. The van der Waals surface area contributed by atoms with E-state index in [2.05, 4.69) is 34.6 Å². The van der Waals surface area contributed by atoms with Crippen molar-refractivity contribution < 1.29 is 0 Å². The third-order valence-electron chi connectivity index (χ3n) is 1.48. The Morgan fingerprint density at radius 1 is 1.09 bits per heavy atom. The SMILES string of the molecule is CCC.CCCC(C)(C)CN. The smallest absolute Gasteiger partial charge is 0.00258 e.